The number of fused-ring (bicyclic) bond motifs is 1. The van der Waals surface area contributed by atoms with E-state index in [2.05, 4.69) is 26.9 Å². The Morgan fingerprint density at radius 2 is 2.41 bits per heavy atom. The fourth-order valence-corrected chi connectivity index (χ4v) is 2.38. The van der Waals surface area contributed by atoms with Crippen molar-refractivity contribution < 1.29 is 4.74 Å². The summed E-state index contributed by atoms with van der Waals surface area (Å²) < 4.78 is 9.25. The summed E-state index contributed by atoms with van der Waals surface area (Å²) in [6.07, 6.45) is 1.01. The summed E-state index contributed by atoms with van der Waals surface area (Å²) in [7, 11) is 1.99. The van der Waals surface area contributed by atoms with Gasteiger partial charge in [-0.2, -0.15) is 0 Å². The van der Waals surface area contributed by atoms with Crippen LogP contribution in [-0.4, -0.2) is 28.5 Å². The molecule has 2 aromatic rings. The Bertz CT molecular complexity index is 514. The van der Waals surface area contributed by atoms with Crippen molar-refractivity contribution >= 4 is 16.7 Å². The summed E-state index contributed by atoms with van der Waals surface area (Å²) in [5, 5.41) is 8.38. The number of benzene rings is 1. The Labute approximate surface area is 103 Å². The minimum absolute atomic E-state index is 0.801. The summed E-state index contributed by atoms with van der Waals surface area (Å²) in [4.78, 5) is 2.04. The van der Waals surface area contributed by atoms with Gasteiger partial charge >= 0.3 is 0 Å². The Kier molecular flexibility index (Phi) is 2.64. The maximum absolute atomic E-state index is 5.49. The van der Waals surface area contributed by atoms with Gasteiger partial charge in [0.15, 0.2) is 0 Å². The molecule has 0 atom stereocenters. The van der Waals surface area contributed by atoms with Gasteiger partial charge in [0.1, 0.15) is 5.75 Å². The van der Waals surface area contributed by atoms with Crippen molar-refractivity contribution in [1.82, 2.24) is 14.8 Å². The lowest BCUT2D eigenvalue weighted by Crippen LogP contribution is -2.16. The third kappa shape index (κ3) is 2.08. The Morgan fingerprint density at radius 3 is 3.24 bits per heavy atom. The molecule has 0 fully saturated rings. The van der Waals surface area contributed by atoms with Gasteiger partial charge < -0.3 is 9.64 Å². The van der Waals surface area contributed by atoms with Gasteiger partial charge in [-0.1, -0.05) is 21.7 Å². The maximum Gasteiger partial charge on any atom is 0.227 e. The molecule has 1 aromatic carbocycles. The second-order valence-corrected chi connectivity index (χ2v) is 4.75. The van der Waals surface area contributed by atoms with E-state index in [9.17, 15) is 0 Å². The molecule has 0 bridgehead atoms. The monoisotopic (exact) mass is 248 g/mol. The standard InChI is InChI=1S/C11H12N4OS/c1-15(11-12-13-14-17-11)7-8-2-3-10-9(6-8)4-5-16-10/h2-3,6H,4-5,7H2,1H3. The topological polar surface area (TPSA) is 51.1 Å². The highest BCUT2D eigenvalue weighted by Crippen LogP contribution is 2.26. The van der Waals surface area contributed by atoms with E-state index in [1.54, 1.807) is 0 Å². The number of aromatic nitrogens is 3. The summed E-state index contributed by atoms with van der Waals surface area (Å²) in [5.74, 6) is 1.02. The minimum Gasteiger partial charge on any atom is -0.493 e. The smallest absolute Gasteiger partial charge is 0.227 e. The first-order valence-electron chi connectivity index (χ1n) is 5.44. The van der Waals surface area contributed by atoms with Crippen LogP contribution in [0.1, 0.15) is 11.1 Å². The molecular weight excluding hydrogens is 236 g/mol. The normalized spacial score (nSPS) is 13.2. The minimum atomic E-state index is 0.801. The highest BCUT2D eigenvalue weighted by atomic mass is 32.1. The van der Waals surface area contributed by atoms with E-state index in [4.69, 9.17) is 4.74 Å². The molecule has 0 spiro atoms. The van der Waals surface area contributed by atoms with Gasteiger partial charge in [-0.05, 0) is 22.4 Å². The predicted octanol–water partition coefficient (Wildman–Crippen LogP) is 1.50. The molecule has 1 aliphatic heterocycles. The highest BCUT2D eigenvalue weighted by Gasteiger charge is 2.13. The van der Waals surface area contributed by atoms with Crippen LogP contribution in [0.25, 0.3) is 0 Å². The second-order valence-electron chi connectivity index (χ2n) is 4.04. The SMILES string of the molecule is CN(Cc1ccc2c(c1)CCO2)c1nnns1. The molecule has 0 amide bonds. The molecular formula is C11H12N4OS. The van der Waals surface area contributed by atoms with Crippen molar-refractivity contribution in [3.63, 3.8) is 0 Å². The van der Waals surface area contributed by atoms with Gasteiger partial charge in [0, 0.05) is 31.5 Å². The molecule has 17 heavy (non-hydrogen) atoms. The summed E-state index contributed by atoms with van der Waals surface area (Å²) in [6, 6.07) is 6.34. The van der Waals surface area contributed by atoms with E-state index in [-0.39, 0.29) is 0 Å². The number of rotatable bonds is 3. The predicted molar refractivity (Wildman–Crippen MR) is 65.5 cm³/mol. The summed E-state index contributed by atoms with van der Waals surface area (Å²) in [6.45, 7) is 1.61. The average Bonchev–Trinajstić information content (AvgIpc) is 2.99. The largest absolute Gasteiger partial charge is 0.493 e. The quantitative estimate of drug-likeness (QED) is 0.824. The van der Waals surface area contributed by atoms with E-state index in [0.717, 1.165) is 30.5 Å². The Balaban J connectivity index is 1.77. The van der Waals surface area contributed by atoms with Gasteiger partial charge in [-0.3, -0.25) is 0 Å². The van der Waals surface area contributed by atoms with Gasteiger partial charge in [0.2, 0.25) is 5.13 Å². The number of nitrogens with zero attached hydrogens (tertiary/aromatic N) is 4. The van der Waals surface area contributed by atoms with Gasteiger partial charge in [0.05, 0.1) is 6.61 Å². The van der Waals surface area contributed by atoms with Crippen LogP contribution in [0.15, 0.2) is 18.2 Å². The molecule has 2 heterocycles. The first-order chi connectivity index (χ1) is 8.33. The van der Waals surface area contributed by atoms with Crippen molar-refractivity contribution in [2.24, 2.45) is 0 Å². The van der Waals surface area contributed by atoms with Gasteiger partial charge in [-0.15, -0.1) is 0 Å². The van der Waals surface area contributed by atoms with Crippen LogP contribution in [0, 0.1) is 0 Å². The molecule has 3 rings (SSSR count). The molecule has 0 saturated heterocycles. The van der Waals surface area contributed by atoms with Gasteiger partial charge in [0.25, 0.3) is 0 Å². The fraction of sp³-hybridized carbons (Fsp3) is 0.364. The van der Waals surface area contributed by atoms with E-state index in [1.807, 2.05) is 18.0 Å². The lowest BCUT2D eigenvalue weighted by molar-refractivity contribution is 0.357. The Hall–Kier alpha value is -1.69. The van der Waals surface area contributed by atoms with Crippen molar-refractivity contribution in [3.8, 4) is 5.75 Å². The van der Waals surface area contributed by atoms with Gasteiger partial charge in [-0.25, -0.2) is 0 Å². The van der Waals surface area contributed by atoms with Crippen molar-refractivity contribution in [2.75, 3.05) is 18.6 Å². The molecule has 88 valence electrons. The number of hydrogen-bond donors (Lipinski definition) is 0. The number of hydrogen-bond acceptors (Lipinski definition) is 6. The molecule has 0 N–H and O–H groups in total. The molecule has 0 unspecified atom stereocenters. The highest BCUT2D eigenvalue weighted by molar-refractivity contribution is 7.09. The number of ether oxygens (including phenoxy) is 1. The van der Waals surface area contributed by atoms with Crippen molar-refractivity contribution in [2.45, 2.75) is 13.0 Å². The zero-order chi connectivity index (χ0) is 11.7. The zero-order valence-corrected chi connectivity index (χ0v) is 10.3. The third-order valence-corrected chi connectivity index (χ3v) is 3.50. The average molecular weight is 248 g/mol. The molecule has 1 aromatic heterocycles. The molecule has 5 nitrogen and oxygen atoms in total. The van der Waals surface area contributed by atoms with Crippen molar-refractivity contribution in [1.29, 1.82) is 0 Å². The summed E-state index contributed by atoms with van der Waals surface area (Å²) >= 11 is 1.30. The molecule has 0 saturated carbocycles. The van der Waals surface area contributed by atoms with Crippen LogP contribution >= 0.6 is 11.5 Å². The first kappa shape index (κ1) is 10.5. The lowest BCUT2D eigenvalue weighted by Gasteiger charge is -2.14. The molecule has 6 heteroatoms. The van der Waals surface area contributed by atoms with Crippen molar-refractivity contribution in [3.05, 3.63) is 29.3 Å². The second kappa shape index (κ2) is 4.29. The van der Waals surface area contributed by atoms with Crippen LogP contribution in [0.3, 0.4) is 0 Å². The van der Waals surface area contributed by atoms with Crippen LogP contribution in [0.5, 0.6) is 5.75 Å². The van der Waals surface area contributed by atoms with Crippen LogP contribution in [0.4, 0.5) is 5.13 Å². The number of anilines is 1. The van der Waals surface area contributed by atoms with E-state index < -0.39 is 0 Å². The first-order valence-corrected chi connectivity index (χ1v) is 6.21. The Morgan fingerprint density at radius 1 is 1.47 bits per heavy atom. The maximum atomic E-state index is 5.49. The zero-order valence-electron chi connectivity index (χ0n) is 9.46. The third-order valence-electron chi connectivity index (χ3n) is 2.79. The summed E-state index contributed by atoms with van der Waals surface area (Å²) in [5.41, 5.74) is 2.55. The molecule has 0 radical (unpaired) electrons. The molecule has 0 aliphatic carbocycles. The van der Waals surface area contributed by atoms with E-state index >= 15 is 0 Å². The van der Waals surface area contributed by atoms with E-state index in [0.29, 0.717) is 0 Å². The van der Waals surface area contributed by atoms with Crippen LogP contribution < -0.4 is 9.64 Å². The van der Waals surface area contributed by atoms with E-state index in [1.165, 1.54) is 22.7 Å². The molecule has 1 aliphatic rings. The fourth-order valence-electron chi connectivity index (χ4n) is 1.96. The van der Waals surface area contributed by atoms with Crippen LogP contribution in [-0.2, 0) is 13.0 Å². The lowest BCUT2D eigenvalue weighted by atomic mass is 10.1. The van der Waals surface area contributed by atoms with Crippen LogP contribution in [0.2, 0.25) is 0 Å².